The third kappa shape index (κ3) is 59.3. The SMILES string of the molecule is CCC(C)(C)c1ccc([I+]c2ccc(C(C)(C)CC)cc2)cc1.Cc1cc(C)c(S(=O)(=O)[O-])c(C)c1.Cc1ccc(S(=O)(=O)[O-])cc1.Cc1ccc(S(=O)(=O)[O-])cc1.F[P-](F)(F)(F)(F)F.F[P-](F)(F)(F)(F)F.O=C([O-])C(=O)c1ccccc1.O=S(=O)([O-])C(F)(F)F.O=S(=O)([O-])c1c(F)c(F)c(F)c(F)c1F.O=S([O-])(=S)c1ccccc1.O=S1(=O)N=C([O-])c2ccccc21.[O-][Cl+3]([O-])([O-])[O-].c1ccc([I+]c2ccccc2)cc1. The number of carbonyl (C=O) groups is 2. The number of ketones is 1. The van der Waals surface area contributed by atoms with Crippen LogP contribution in [0.15, 0.2) is 289 Å². The molecule has 0 spiro atoms. The molecule has 0 amide bonds. The van der Waals surface area contributed by atoms with E-state index in [1.54, 1.807) is 98.8 Å². The van der Waals surface area contributed by atoms with Gasteiger partial charge in [0.05, 0.1) is 19.6 Å². The van der Waals surface area contributed by atoms with E-state index in [4.69, 9.17) is 31.6 Å². The van der Waals surface area contributed by atoms with E-state index in [2.05, 4.69) is 166 Å². The molecule has 61 heteroatoms. The predicted octanol–water partition coefficient (Wildman–Crippen LogP) is 9.70. The summed E-state index contributed by atoms with van der Waals surface area (Å²) in [5, 5.41) is 21.0. The van der Waals surface area contributed by atoms with Gasteiger partial charge in [-0.3, -0.25) is 9.00 Å². The largest absolute Gasteiger partial charge is 0.858 e. The first-order chi connectivity index (χ1) is 65.3. The van der Waals surface area contributed by atoms with Crippen molar-refractivity contribution in [2.24, 2.45) is 4.40 Å². The minimum Gasteiger partial charge on any atom is -0.858 e. The minimum atomic E-state index is -10.7. The van der Waals surface area contributed by atoms with Crippen molar-refractivity contribution in [3.8, 4) is 0 Å². The molecule has 0 fully saturated rings. The number of rotatable bonds is 15. The smallest absolute Gasteiger partial charge is 0.485 e. The molecule has 0 bridgehead atoms. The van der Waals surface area contributed by atoms with Gasteiger partial charge in [-0.05, 0) is 192 Å². The van der Waals surface area contributed by atoms with Gasteiger partial charge in [0.1, 0.15) is 51.3 Å². The quantitative estimate of drug-likeness (QED) is 0.0106. The molecule has 12 rings (SSSR count). The van der Waals surface area contributed by atoms with Crippen molar-refractivity contribution in [2.45, 2.75) is 135 Å². The third-order valence-corrected chi connectivity index (χ3v) is 29.3. The summed E-state index contributed by atoms with van der Waals surface area (Å²) in [5.41, 5.74) is 1.99. The van der Waals surface area contributed by atoms with Crippen molar-refractivity contribution in [2.75, 3.05) is 0 Å². The van der Waals surface area contributed by atoms with E-state index in [1.165, 1.54) is 98.9 Å². The average molecular weight is 2530 g/mol. The van der Waals surface area contributed by atoms with Gasteiger partial charge in [-0.15, -0.1) is 10.2 Å². The number of halogens is 23. The number of carboxylic acids is 1. The summed E-state index contributed by atoms with van der Waals surface area (Å²) in [6.45, 7) is 22.6. The maximum absolute atomic E-state index is 12.6. The van der Waals surface area contributed by atoms with Crippen LogP contribution < -0.4 is 71.3 Å². The molecule has 11 aromatic rings. The summed E-state index contributed by atoms with van der Waals surface area (Å²) < 4.78 is 451. The van der Waals surface area contributed by atoms with Crippen molar-refractivity contribution in [3.63, 3.8) is 0 Å². The van der Waals surface area contributed by atoms with E-state index < -0.39 is 152 Å². The molecule has 0 aliphatic carbocycles. The van der Waals surface area contributed by atoms with E-state index in [0.717, 1.165) is 16.7 Å². The summed E-state index contributed by atoms with van der Waals surface area (Å²) in [6, 6.07) is 76.7. The Morgan fingerprint density at radius 1 is 0.390 bits per heavy atom. The van der Waals surface area contributed by atoms with Crippen molar-refractivity contribution in [3.05, 3.63) is 348 Å². The second-order valence-corrected chi connectivity index (χ2v) is 51.3. The molecule has 146 heavy (non-hydrogen) atoms. The van der Waals surface area contributed by atoms with E-state index >= 15 is 0 Å². The first-order valence-corrected chi connectivity index (χ1v) is 59.2. The molecule has 28 nitrogen and oxygen atoms in total. The third-order valence-electron chi connectivity index (χ3n) is 17.0. The van der Waals surface area contributed by atoms with Crippen LogP contribution in [0.1, 0.15) is 109 Å². The number of nitrogens with zero attached hydrogens (tertiary/aromatic N) is 1. The zero-order valence-corrected chi connectivity index (χ0v) is 89.4. The van der Waals surface area contributed by atoms with Gasteiger partial charge in [0.15, 0.2) is 47.7 Å². The maximum Gasteiger partial charge on any atom is 0.485 e. The Balaban J connectivity index is 0.00000158. The number of Topliss-reactive ketones (excluding diaryl/α,β-unsaturated/α-hetero) is 1. The van der Waals surface area contributed by atoms with Crippen LogP contribution in [0.3, 0.4) is 0 Å². The maximum atomic E-state index is 12.6. The number of sulfonamides is 1. The van der Waals surface area contributed by atoms with Crippen molar-refractivity contribution >= 4 is 114 Å². The Bertz CT molecular complexity index is 6850. The fourth-order valence-electron chi connectivity index (χ4n) is 9.69. The monoisotopic (exact) mass is 2530 g/mol. The molecular formula is C85H79ClF20I2NO27P2S8-9. The Morgan fingerprint density at radius 3 is 0.897 bits per heavy atom. The molecule has 1 atom stereocenters. The topological polar surface area (TPSA) is 545 Å². The minimum absolute atomic E-state index is 0.00926. The van der Waals surface area contributed by atoms with Gasteiger partial charge in [0, 0.05) is 21.9 Å². The summed E-state index contributed by atoms with van der Waals surface area (Å²) in [5.74, 6) is -16.2. The molecule has 1 aliphatic heterocycles. The fourth-order valence-corrected chi connectivity index (χ4v) is 18.5. The molecule has 0 N–H and O–H groups in total. The zero-order chi connectivity index (χ0) is 114. The van der Waals surface area contributed by atoms with Crippen LogP contribution in [-0.2, 0) is 96.2 Å². The Labute approximate surface area is 852 Å². The summed E-state index contributed by atoms with van der Waals surface area (Å²) >= 11 is 4.17. The van der Waals surface area contributed by atoms with Crippen molar-refractivity contribution in [1.29, 1.82) is 0 Å². The molecule has 0 saturated heterocycles. The number of benzene rings is 11. The molecule has 1 aliphatic rings. The number of fused-ring (bicyclic) bond motifs is 1. The molecule has 11 aromatic carbocycles. The second-order valence-electron chi connectivity index (χ2n) is 29.7. The number of carboxylic acid groups (broad SMARTS) is 1. The Morgan fingerprint density at radius 2 is 0.651 bits per heavy atom. The van der Waals surface area contributed by atoms with Crippen LogP contribution in [0.5, 0.6) is 0 Å². The number of aryl methyl sites for hydroxylation is 5. The van der Waals surface area contributed by atoms with Gasteiger partial charge in [-0.2, -0.15) is 26.0 Å². The van der Waals surface area contributed by atoms with E-state index in [9.17, 15) is 174 Å². The Kier molecular flexibility index (Phi) is 50.2. The van der Waals surface area contributed by atoms with Gasteiger partial charge in [-0.25, -0.2) is 82.7 Å². The first kappa shape index (κ1) is 137. The summed E-state index contributed by atoms with van der Waals surface area (Å²) in [6.07, 6.45) is 2.35. The van der Waals surface area contributed by atoms with Crippen LogP contribution in [0, 0.1) is 88.2 Å². The van der Waals surface area contributed by atoms with Gasteiger partial charge >= 0.3 is 114 Å². The molecule has 814 valence electrons. The van der Waals surface area contributed by atoms with Crippen LogP contribution in [-0.4, -0.2) is 105 Å². The normalized spacial score (nSPS) is 13.5. The molecule has 0 saturated carbocycles. The van der Waals surface area contributed by atoms with Crippen LogP contribution >= 0.6 is 15.6 Å². The Hall–Kier alpha value is -9.09. The number of hydrogen-bond donors (Lipinski definition) is 0. The molecule has 1 unspecified atom stereocenters. The number of hydrogen-bond acceptors (Lipinski definition) is 28. The predicted molar refractivity (Wildman–Crippen MR) is 468 cm³/mol. The fraction of sp³-hybridized carbons (Fsp3) is 0.188. The summed E-state index contributed by atoms with van der Waals surface area (Å²) in [4.78, 5) is 18.1. The molecular weight excluding hydrogens is 2450 g/mol. The van der Waals surface area contributed by atoms with Crippen LogP contribution in [0.4, 0.5) is 85.5 Å². The number of aliphatic carboxylic acids is 1. The number of carbonyl (C=O) groups excluding carboxylic acids is 2. The van der Waals surface area contributed by atoms with Gasteiger partial charge in [-0.1, -0.05) is 222 Å². The summed E-state index contributed by atoms with van der Waals surface area (Å²) in [7, 11) is -58.1. The van der Waals surface area contributed by atoms with Gasteiger partial charge < -0.3 is 42.3 Å². The zero-order valence-electron chi connectivity index (χ0n) is 76.0. The van der Waals surface area contributed by atoms with Gasteiger partial charge in [0.2, 0.25) is 11.6 Å². The van der Waals surface area contributed by atoms with E-state index in [1.807, 2.05) is 20.8 Å². The molecule has 0 aromatic heterocycles. The second kappa shape index (κ2) is 53.6. The van der Waals surface area contributed by atoms with Crippen molar-refractivity contribution in [1.82, 2.24) is 0 Å². The average Bonchev–Trinajstić information content (AvgIpc) is 1.36. The van der Waals surface area contributed by atoms with Crippen LogP contribution in [0.25, 0.3) is 0 Å². The van der Waals surface area contributed by atoms with Crippen molar-refractivity contribution < 1.29 is 259 Å². The van der Waals surface area contributed by atoms with Crippen LogP contribution in [0.2, 0.25) is 0 Å². The molecule has 1 heterocycles. The number of alkyl halides is 3. The van der Waals surface area contributed by atoms with Gasteiger partial charge in [0.25, 0.3) is 10.0 Å². The van der Waals surface area contributed by atoms with E-state index in [0.29, 0.717) is 11.1 Å². The first-order valence-electron chi connectivity index (χ1n) is 38.7. The molecule has 0 radical (unpaired) electrons. The van der Waals surface area contributed by atoms with E-state index in [-0.39, 0.29) is 88.8 Å². The standard InChI is InChI=1S/C22H30I.C12H10I.C9H12O3S.C8H6O3.C7H5NO3S.2C7H8O3S.C6HF5O3S.C6H6O2S2.CHF3O3S.ClHO4.2F6P/c1-7-21(3,4)17-9-13-19(14-10-17)23-20-15-11-18(12-16-20)22(5,6)8-2;1-3-7-11(8-4-1)13-12-9-5-2-6-10-12;1-6-4-7(2)9(8(3)5-6)13(10,11)12;9-7(8(10)11)6-4-2-1-3-5-6;9-7-5-3-1-2-4-6(5)12(10,11)8-7;2*1-6-2-4-7(5-3-6)11(8,9)10;7-1-2(8)4(10)6(15(12,13)14)5(11)3(1)9;7-10(8,9)6-4-2-1-3-5-6;2-1(3,4)8(5,6)7;2-1(3,4)5;2*1-7(2,3,4,5)6/h9-16H,7-8H2,1-6H3;1-10H;4-5H,1-3H3,(H,10,11,12);1-5H,(H,10,11);1-4H,(H,8,9);2*2-5H,1H3,(H,8,9,10);(H,12,13,14);1-5H,(H,7,8,9);(H,5,6,7);(H,2,3,4,5);;/q2*+1;;;;;;;;;;2*-1/p-9.